The van der Waals surface area contributed by atoms with Gasteiger partial charge in [-0.3, -0.25) is 4.79 Å². The molecule has 1 atom stereocenters. The lowest BCUT2D eigenvalue weighted by Gasteiger charge is -2.36. The van der Waals surface area contributed by atoms with E-state index in [4.69, 9.17) is 4.74 Å². The van der Waals surface area contributed by atoms with Crippen molar-refractivity contribution in [3.63, 3.8) is 0 Å². The van der Waals surface area contributed by atoms with Crippen LogP contribution in [0.1, 0.15) is 51.5 Å². The van der Waals surface area contributed by atoms with E-state index in [0.29, 0.717) is 18.7 Å². The van der Waals surface area contributed by atoms with Crippen LogP contribution >= 0.6 is 0 Å². The number of fused-ring (bicyclic) bond motifs is 1. The molecule has 0 aromatic heterocycles. The summed E-state index contributed by atoms with van der Waals surface area (Å²) < 4.78 is 19.4. The lowest BCUT2D eigenvalue weighted by molar-refractivity contribution is 0.0638. The molecule has 1 aliphatic rings. The summed E-state index contributed by atoms with van der Waals surface area (Å²) in [5, 5.41) is 0. The minimum atomic E-state index is -0.345. The number of aryl methyl sites for hydroxylation is 1. The number of rotatable bonds is 7. The van der Waals surface area contributed by atoms with Crippen molar-refractivity contribution in [1.29, 1.82) is 0 Å². The van der Waals surface area contributed by atoms with E-state index in [2.05, 4.69) is 18.2 Å². The number of nitrogens with zero attached hydrogens (tertiary/aromatic N) is 1. The van der Waals surface area contributed by atoms with E-state index in [9.17, 15) is 9.18 Å². The predicted octanol–water partition coefficient (Wildman–Crippen LogP) is 7.12. The molecule has 4 heteroatoms. The smallest absolute Gasteiger partial charge is 0.254 e. The van der Waals surface area contributed by atoms with Gasteiger partial charge < -0.3 is 9.64 Å². The molecule has 0 fully saturated rings. The SMILES string of the molecule is O=C(c1ccc(F)cc1)N(Cc1ccc(OCc2ccccc2)cc1)C1CCCc2ccccc21. The Kier molecular flexibility index (Phi) is 6.89. The average Bonchev–Trinajstić information content (AvgIpc) is 2.92. The van der Waals surface area contributed by atoms with Crippen molar-refractivity contribution in [2.24, 2.45) is 0 Å². The van der Waals surface area contributed by atoms with Crippen LogP contribution in [0.4, 0.5) is 4.39 Å². The number of hydrogen-bond acceptors (Lipinski definition) is 2. The number of carbonyl (C=O) groups excluding carboxylic acids is 1. The Labute approximate surface area is 205 Å². The van der Waals surface area contributed by atoms with Crippen LogP contribution in [0.15, 0.2) is 103 Å². The Morgan fingerprint density at radius 3 is 2.31 bits per heavy atom. The molecule has 4 aromatic rings. The Morgan fingerprint density at radius 1 is 0.829 bits per heavy atom. The lowest BCUT2D eigenvalue weighted by atomic mass is 9.86. The van der Waals surface area contributed by atoms with Crippen molar-refractivity contribution in [2.45, 2.75) is 38.5 Å². The number of halogens is 1. The fourth-order valence-corrected chi connectivity index (χ4v) is 4.76. The monoisotopic (exact) mass is 465 g/mol. The first-order valence-electron chi connectivity index (χ1n) is 12.1. The van der Waals surface area contributed by atoms with Gasteiger partial charge in [0.2, 0.25) is 0 Å². The van der Waals surface area contributed by atoms with E-state index in [1.54, 1.807) is 12.1 Å². The third-order valence-electron chi connectivity index (χ3n) is 6.59. The molecule has 0 heterocycles. The highest BCUT2D eigenvalue weighted by molar-refractivity contribution is 5.94. The van der Waals surface area contributed by atoms with E-state index in [0.717, 1.165) is 36.1 Å². The first-order valence-corrected chi connectivity index (χ1v) is 12.1. The van der Waals surface area contributed by atoms with Gasteiger partial charge in [-0.15, -0.1) is 0 Å². The van der Waals surface area contributed by atoms with Crippen molar-refractivity contribution in [2.75, 3.05) is 0 Å². The van der Waals surface area contributed by atoms with Gasteiger partial charge in [0.1, 0.15) is 18.2 Å². The van der Waals surface area contributed by atoms with Crippen molar-refractivity contribution in [1.82, 2.24) is 4.90 Å². The molecular formula is C31H28FNO2. The normalized spacial score (nSPS) is 14.7. The third-order valence-corrected chi connectivity index (χ3v) is 6.59. The van der Waals surface area contributed by atoms with Gasteiger partial charge >= 0.3 is 0 Å². The summed E-state index contributed by atoms with van der Waals surface area (Å²) in [5.74, 6) is 0.357. The predicted molar refractivity (Wildman–Crippen MR) is 136 cm³/mol. The number of ether oxygens (including phenoxy) is 1. The van der Waals surface area contributed by atoms with Gasteiger partial charge in [-0.25, -0.2) is 4.39 Å². The van der Waals surface area contributed by atoms with E-state index in [1.165, 1.54) is 23.3 Å². The maximum Gasteiger partial charge on any atom is 0.254 e. The average molecular weight is 466 g/mol. The number of carbonyl (C=O) groups is 1. The molecule has 0 aliphatic heterocycles. The fourth-order valence-electron chi connectivity index (χ4n) is 4.76. The summed E-state index contributed by atoms with van der Waals surface area (Å²) in [4.78, 5) is 15.6. The van der Waals surface area contributed by atoms with E-state index < -0.39 is 0 Å². The Balaban J connectivity index is 1.38. The van der Waals surface area contributed by atoms with Crippen LogP contribution < -0.4 is 4.74 Å². The molecule has 1 amide bonds. The van der Waals surface area contributed by atoms with Gasteiger partial charge in [-0.1, -0.05) is 66.7 Å². The second-order valence-corrected chi connectivity index (χ2v) is 8.97. The molecule has 35 heavy (non-hydrogen) atoms. The molecule has 0 radical (unpaired) electrons. The van der Waals surface area contributed by atoms with Gasteiger partial charge in [0.15, 0.2) is 0 Å². The van der Waals surface area contributed by atoms with E-state index in [1.807, 2.05) is 65.6 Å². The summed E-state index contributed by atoms with van der Waals surface area (Å²) in [6.45, 7) is 0.975. The third kappa shape index (κ3) is 5.43. The van der Waals surface area contributed by atoms with Crippen molar-refractivity contribution < 1.29 is 13.9 Å². The standard InChI is InChI=1S/C31H28FNO2/c32-27-17-15-26(16-18-27)31(34)33(30-12-6-10-25-9-4-5-11-29(25)30)21-23-13-19-28(20-14-23)35-22-24-7-2-1-3-8-24/h1-5,7-9,11,13-20,30H,6,10,12,21-22H2. The molecule has 0 N–H and O–H groups in total. The molecule has 4 aromatic carbocycles. The zero-order valence-corrected chi connectivity index (χ0v) is 19.6. The van der Waals surface area contributed by atoms with Crippen LogP contribution in [0, 0.1) is 5.82 Å². The second kappa shape index (κ2) is 10.6. The summed E-state index contributed by atoms with van der Waals surface area (Å²) in [6, 6.07) is 32.2. The summed E-state index contributed by atoms with van der Waals surface area (Å²) in [7, 11) is 0. The molecule has 5 rings (SSSR count). The fraction of sp³-hybridized carbons (Fsp3) is 0.194. The topological polar surface area (TPSA) is 29.5 Å². The van der Waals surface area contributed by atoms with Crippen LogP contribution in [0.2, 0.25) is 0 Å². The highest BCUT2D eigenvalue weighted by Crippen LogP contribution is 2.36. The Hall–Kier alpha value is -3.92. The summed E-state index contributed by atoms with van der Waals surface area (Å²) in [6.07, 6.45) is 2.96. The first-order chi connectivity index (χ1) is 17.2. The maximum atomic E-state index is 13.7. The summed E-state index contributed by atoms with van der Waals surface area (Å²) in [5.41, 5.74) is 5.14. The number of benzene rings is 4. The Morgan fingerprint density at radius 2 is 1.54 bits per heavy atom. The van der Waals surface area contributed by atoms with Crippen LogP contribution in [-0.2, 0) is 19.6 Å². The number of amides is 1. The highest BCUT2D eigenvalue weighted by atomic mass is 19.1. The van der Waals surface area contributed by atoms with Crippen molar-refractivity contribution in [3.05, 3.63) is 137 Å². The van der Waals surface area contributed by atoms with Crippen LogP contribution in [0.3, 0.4) is 0 Å². The molecule has 1 unspecified atom stereocenters. The van der Waals surface area contributed by atoms with Gasteiger partial charge in [0.05, 0.1) is 6.04 Å². The Bertz CT molecular complexity index is 1270. The molecule has 0 saturated carbocycles. The van der Waals surface area contributed by atoms with E-state index >= 15 is 0 Å². The molecule has 0 bridgehead atoms. The highest BCUT2D eigenvalue weighted by Gasteiger charge is 2.30. The zero-order valence-electron chi connectivity index (χ0n) is 19.6. The largest absolute Gasteiger partial charge is 0.489 e. The maximum absolute atomic E-state index is 13.7. The molecule has 3 nitrogen and oxygen atoms in total. The molecule has 1 aliphatic carbocycles. The minimum absolute atomic E-state index is 0.0217. The molecular weight excluding hydrogens is 437 g/mol. The zero-order chi connectivity index (χ0) is 24.0. The number of hydrogen-bond donors (Lipinski definition) is 0. The van der Waals surface area contributed by atoms with Crippen molar-refractivity contribution in [3.8, 4) is 5.75 Å². The molecule has 0 saturated heterocycles. The van der Waals surface area contributed by atoms with Crippen molar-refractivity contribution >= 4 is 5.91 Å². The lowest BCUT2D eigenvalue weighted by Crippen LogP contribution is -2.36. The second-order valence-electron chi connectivity index (χ2n) is 8.97. The minimum Gasteiger partial charge on any atom is -0.489 e. The van der Waals surface area contributed by atoms with Crippen LogP contribution in [-0.4, -0.2) is 10.8 Å². The summed E-state index contributed by atoms with van der Waals surface area (Å²) >= 11 is 0. The van der Waals surface area contributed by atoms with Crippen LogP contribution in [0.25, 0.3) is 0 Å². The molecule has 0 spiro atoms. The molecule has 176 valence electrons. The van der Waals surface area contributed by atoms with Crippen LogP contribution in [0.5, 0.6) is 5.75 Å². The van der Waals surface area contributed by atoms with E-state index in [-0.39, 0.29) is 17.8 Å². The quantitative estimate of drug-likeness (QED) is 0.291. The van der Waals surface area contributed by atoms with Gasteiger partial charge in [-0.2, -0.15) is 0 Å². The van der Waals surface area contributed by atoms with Gasteiger partial charge in [0.25, 0.3) is 5.91 Å². The van der Waals surface area contributed by atoms with Gasteiger partial charge in [-0.05, 0) is 77.9 Å². The first kappa shape index (κ1) is 22.9. The van der Waals surface area contributed by atoms with Gasteiger partial charge in [0, 0.05) is 12.1 Å².